The molecule has 0 fully saturated rings. The van der Waals surface area contributed by atoms with Crippen molar-refractivity contribution in [1.82, 2.24) is 0 Å². The van der Waals surface area contributed by atoms with E-state index in [1.165, 1.54) is 12.1 Å². The van der Waals surface area contributed by atoms with Gasteiger partial charge in [-0.2, -0.15) is 0 Å². The summed E-state index contributed by atoms with van der Waals surface area (Å²) in [5, 5.41) is 13.5. The number of benzene rings is 2. The van der Waals surface area contributed by atoms with Gasteiger partial charge in [0.15, 0.2) is 0 Å². The maximum Gasteiger partial charge on any atom is 0.124 e. The molecule has 0 spiro atoms. The molecule has 0 amide bonds. The largest absolute Gasteiger partial charge is 0.389 e. The molecule has 0 radical (unpaired) electrons. The topological polar surface area (TPSA) is 32.3 Å². The van der Waals surface area contributed by atoms with Crippen LogP contribution >= 0.6 is 11.6 Å². The van der Waals surface area contributed by atoms with E-state index in [9.17, 15) is 9.50 Å². The third-order valence-electron chi connectivity index (χ3n) is 3.21. The van der Waals surface area contributed by atoms with Gasteiger partial charge in [0.05, 0.1) is 12.1 Å². The van der Waals surface area contributed by atoms with E-state index in [0.717, 1.165) is 16.8 Å². The number of para-hydroxylation sites is 1. The van der Waals surface area contributed by atoms with E-state index in [0.29, 0.717) is 5.02 Å². The second kappa shape index (κ2) is 6.25. The Morgan fingerprint density at radius 1 is 1.10 bits per heavy atom. The van der Waals surface area contributed by atoms with Crippen molar-refractivity contribution in [2.75, 3.05) is 5.32 Å². The average molecular weight is 294 g/mol. The van der Waals surface area contributed by atoms with E-state index in [1.807, 2.05) is 31.2 Å². The Morgan fingerprint density at radius 3 is 2.45 bits per heavy atom. The van der Waals surface area contributed by atoms with Crippen molar-refractivity contribution in [3.63, 3.8) is 0 Å². The number of hydrogen-bond donors (Lipinski definition) is 2. The van der Waals surface area contributed by atoms with Crippen LogP contribution in [0, 0.1) is 5.82 Å². The van der Waals surface area contributed by atoms with Crippen molar-refractivity contribution in [3.05, 3.63) is 64.4 Å². The Balaban J connectivity index is 2.26. The van der Waals surface area contributed by atoms with Gasteiger partial charge < -0.3 is 10.4 Å². The highest BCUT2D eigenvalue weighted by Gasteiger charge is 2.13. The monoisotopic (exact) mass is 293 g/mol. The van der Waals surface area contributed by atoms with Crippen molar-refractivity contribution in [1.29, 1.82) is 0 Å². The molecule has 0 aliphatic heterocycles. The first-order chi connectivity index (χ1) is 9.49. The van der Waals surface area contributed by atoms with E-state index in [1.54, 1.807) is 13.0 Å². The summed E-state index contributed by atoms with van der Waals surface area (Å²) in [5.74, 6) is -0.352. The summed E-state index contributed by atoms with van der Waals surface area (Å²) in [6.07, 6.45) is -0.561. The number of aliphatic hydroxyl groups is 1. The van der Waals surface area contributed by atoms with E-state index < -0.39 is 6.10 Å². The molecule has 2 aromatic rings. The predicted molar refractivity (Wildman–Crippen MR) is 80.5 cm³/mol. The first kappa shape index (κ1) is 14.8. The minimum Gasteiger partial charge on any atom is -0.389 e. The molecular formula is C16H17ClFNO. The molecule has 0 bridgehead atoms. The summed E-state index contributed by atoms with van der Waals surface area (Å²) >= 11 is 6.06. The molecule has 2 nitrogen and oxygen atoms in total. The van der Waals surface area contributed by atoms with Gasteiger partial charge in [-0.25, -0.2) is 4.39 Å². The van der Waals surface area contributed by atoms with Gasteiger partial charge in [0.2, 0.25) is 0 Å². The fourth-order valence-corrected chi connectivity index (χ4v) is 2.49. The Hall–Kier alpha value is -1.58. The van der Waals surface area contributed by atoms with Crippen LogP contribution in [-0.4, -0.2) is 5.11 Å². The lowest BCUT2D eigenvalue weighted by atomic mass is 10.0. The van der Waals surface area contributed by atoms with Crippen LogP contribution in [0.5, 0.6) is 0 Å². The molecule has 0 aliphatic rings. The van der Waals surface area contributed by atoms with Crippen LogP contribution in [0.2, 0.25) is 5.02 Å². The molecular weight excluding hydrogens is 277 g/mol. The molecule has 20 heavy (non-hydrogen) atoms. The Labute approximate surface area is 123 Å². The van der Waals surface area contributed by atoms with Crippen LogP contribution in [-0.2, 0) is 0 Å². The first-order valence-electron chi connectivity index (χ1n) is 6.47. The Morgan fingerprint density at radius 2 is 1.80 bits per heavy atom. The molecule has 0 saturated heterocycles. The van der Waals surface area contributed by atoms with Crippen molar-refractivity contribution >= 4 is 17.3 Å². The average Bonchev–Trinajstić information content (AvgIpc) is 2.38. The van der Waals surface area contributed by atoms with E-state index in [4.69, 9.17) is 11.6 Å². The number of hydrogen-bond acceptors (Lipinski definition) is 2. The second-order valence-corrected chi connectivity index (χ2v) is 5.20. The Kier molecular flexibility index (Phi) is 4.63. The molecule has 2 atom stereocenters. The molecule has 106 valence electrons. The van der Waals surface area contributed by atoms with Crippen molar-refractivity contribution in [2.45, 2.75) is 26.0 Å². The van der Waals surface area contributed by atoms with E-state index in [-0.39, 0.29) is 11.9 Å². The number of anilines is 1. The molecule has 2 rings (SSSR count). The van der Waals surface area contributed by atoms with E-state index >= 15 is 0 Å². The highest BCUT2D eigenvalue weighted by atomic mass is 35.5. The number of rotatable bonds is 4. The molecule has 0 aromatic heterocycles. The van der Waals surface area contributed by atoms with E-state index in [2.05, 4.69) is 5.32 Å². The molecule has 2 unspecified atom stereocenters. The van der Waals surface area contributed by atoms with Crippen LogP contribution < -0.4 is 5.32 Å². The smallest absolute Gasteiger partial charge is 0.124 e. The highest BCUT2D eigenvalue weighted by Crippen LogP contribution is 2.29. The predicted octanol–water partition coefficient (Wildman–Crippen LogP) is 4.71. The van der Waals surface area contributed by atoms with Crippen molar-refractivity contribution in [3.8, 4) is 0 Å². The van der Waals surface area contributed by atoms with Gasteiger partial charge in [-0.15, -0.1) is 0 Å². The Bertz CT molecular complexity index is 601. The summed E-state index contributed by atoms with van der Waals surface area (Å²) in [5.41, 5.74) is 2.47. The lowest BCUT2D eigenvalue weighted by Gasteiger charge is -2.20. The fraction of sp³-hybridized carbons (Fsp3) is 0.250. The molecule has 0 heterocycles. The van der Waals surface area contributed by atoms with Gasteiger partial charge in [0, 0.05) is 16.3 Å². The van der Waals surface area contributed by atoms with Gasteiger partial charge in [-0.1, -0.05) is 35.9 Å². The summed E-state index contributed by atoms with van der Waals surface area (Å²) in [6.45, 7) is 3.66. The molecule has 0 aliphatic carbocycles. The second-order valence-electron chi connectivity index (χ2n) is 4.80. The van der Waals surface area contributed by atoms with Crippen LogP contribution in [0.3, 0.4) is 0 Å². The highest BCUT2D eigenvalue weighted by molar-refractivity contribution is 6.31. The zero-order valence-electron chi connectivity index (χ0n) is 11.4. The summed E-state index contributed by atoms with van der Waals surface area (Å²) < 4.78 is 13.1. The minimum absolute atomic E-state index is 0.0944. The van der Waals surface area contributed by atoms with Gasteiger partial charge in [0.1, 0.15) is 5.82 Å². The van der Waals surface area contributed by atoms with Gasteiger partial charge in [-0.3, -0.25) is 0 Å². The van der Waals surface area contributed by atoms with Gasteiger partial charge in [-0.05, 0) is 37.6 Å². The standard InChI is InChI=1S/C16H17ClFNO/c1-10(13-8-7-12(18)9-15(13)17)19-16-6-4-3-5-14(16)11(2)20/h3-11,19-20H,1-2H3. The zero-order chi connectivity index (χ0) is 14.7. The van der Waals surface area contributed by atoms with Crippen LogP contribution in [0.1, 0.15) is 37.1 Å². The van der Waals surface area contributed by atoms with Crippen LogP contribution in [0.15, 0.2) is 42.5 Å². The number of aliphatic hydroxyl groups excluding tert-OH is 1. The third kappa shape index (κ3) is 3.30. The maximum atomic E-state index is 13.1. The maximum absolute atomic E-state index is 13.1. The van der Waals surface area contributed by atoms with Crippen molar-refractivity contribution in [2.24, 2.45) is 0 Å². The third-order valence-corrected chi connectivity index (χ3v) is 3.54. The van der Waals surface area contributed by atoms with Crippen LogP contribution in [0.25, 0.3) is 0 Å². The van der Waals surface area contributed by atoms with Crippen molar-refractivity contribution < 1.29 is 9.50 Å². The quantitative estimate of drug-likeness (QED) is 0.856. The van der Waals surface area contributed by atoms with Gasteiger partial charge >= 0.3 is 0 Å². The number of halogens is 2. The normalized spacial score (nSPS) is 13.8. The van der Waals surface area contributed by atoms with Crippen LogP contribution in [0.4, 0.5) is 10.1 Å². The SMILES string of the molecule is CC(O)c1ccccc1NC(C)c1ccc(F)cc1Cl. The molecule has 4 heteroatoms. The minimum atomic E-state index is -0.561. The lowest BCUT2D eigenvalue weighted by molar-refractivity contribution is 0.200. The number of nitrogens with one attached hydrogen (secondary N) is 1. The fourth-order valence-electron chi connectivity index (χ4n) is 2.16. The summed E-state index contributed by atoms with van der Waals surface area (Å²) in [6, 6.07) is 11.8. The molecule has 2 aromatic carbocycles. The zero-order valence-corrected chi connectivity index (χ0v) is 12.2. The summed E-state index contributed by atoms with van der Waals surface area (Å²) in [4.78, 5) is 0. The summed E-state index contributed by atoms with van der Waals surface area (Å²) in [7, 11) is 0. The molecule has 0 saturated carbocycles. The molecule has 2 N–H and O–H groups in total. The first-order valence-corrected chi connectivity index (χ1v) is 6.85. The van der Waals surface area contributed by atoms with Gasteiger partial charge in [0.25, 0.3) is 0 Å². The lowest BCUT2D eigenvalue weighted by Crippen LogP contribution is -2.10.